The molecule has 1 aliphatic carbocycles. The van der Waals surface area contributed by atoms with E-state index in [9.17, 15) is 15.0 Å². The topological polar surface area (TPSA) is 87.0 Å². The molecule has 0 saturated heterocycles. The van der Waals surface area contributed by atoms with E-state index in [-0.39, 0.29) is 31.0 Å². The Kier molecular flexibility index (Phi) is 10.1. The molecule has 2 radical (unpaired) electrons. The van der Waals surface area contributed by atoms with Crippen LogP contribution < -0.4 is 0 Å². The third-order valence-corrected chi connectivity index (χ3v) is 6.49. The molecular formula is C22H31BO5S. The Morgan fingerprint density at radius 1 is 1.41 bits per heavy atom. The lowest BCUT2D eigenvalue weighted by Crippen LogP contribution is -2.19. The first-order valence-corrected chi connectivity index (χ1v) is 11.0. The summed E-state index contributed by atoms with van der Waals surface area (Å²) in [5.74, 6) is -0.663. The van der Waals surface area contributed by atoms with Gasteiger partial charge in [-0.25, -0.2) is 4.79 Å². The monoisotopic (exact) mass is 418 g/mol. The highest BCUT2D eigenvalue weighted by Crippen LogP contribution is 2.42. The number of carbonyl (C=O) groups is 1. The molecule has 158 valence electrons. The molecule has 3 N–H and O–H groups in total. The number of allylic oxidation sites excluding steroid dienone is 2. The summed E-state index contributed by atoms with van der Waals surface area (Å²) in [5.41, 5.74) is 0. The van der Waals surface area contributed by atoms with Gasteiger partial charge in [0.05, 0.1) is 26.7 Å². The standard InChI is InChI=1S/C22H31BO5S/c1-15-5-8-18(29-15)9-6-17(24)7-10-19-16(13-23)12-21(25)20(19)4-2-3-11-28-14-22(26)27/h2-3,5,7-8,10,16-17,19-21,24-25H,4,6,9,11-14H2,1H3,(H,26,27)/t16-,17-,19-,20+,21?/m0/s1. The van der Waals surface area contributed by atoms with E-state index < -0.39 is 18.2 Å². The van der Waals surface area contributed by atoms with Gasteiger partial charge in [0.2, 0.25) is 0 Å². The van der Waals surface area contributed by atoms with Crippen LogP contribution in [0.2, 0.25) is 6.32 Å². The SMILES string of the molecule is [B]C[C@@H]1CC(O)[C@H](CC=CCOCC(=O)O)[C@H]1C=C[C@@H](O)CCc1ccc(C)s1. The minimum Gasteiger partial charge on any atom is -0.480 e. The van der Waals surface area contributed by atoms with Crippen molar-refractivity contribution in [3.8, 4) is 0 Å². The minimum absolute atomic E-state index is 0.0302. The van der Waals surface area contributed by atoms with Gasteiger partial charge in [-0.3, -0.25) is 0 Å². The quantitative estimate of drug-likeness (QED) is 0.276. The molecule has 1 saturated carbocycles. The summed E-state index contributed by atoms with van der Waals surface area (Å²) < 4.78 is 4.98. The zero-order valence-corrected chi connectivity index (χ0v) is 17.8. The van der Waals surface area contributed by atoms with Crippen molar-refractivity contribution in [2.45, 2.75) is 51.1 Å². The Morgan fingerprint density at radius 3 is 2.86 bits per heavy atom. The molecule has 0 bridgehead atoms. The summed E-state index contributed by atoms with van der Waals surface area (Å²) in [6, 6.07) is 4.20. The lowest BCUT2D eigenvalue weighted by molar-refractivity contribution is -0.141. The first-order valence-electron chi connectivity index (χ1n) is 10.1. The molecule has 5 atom stereocenters. The maximum Gasteiger partial charge on any atom is 0.329 e. The van der Waals surface area contributed by atoms with E-state index in [0.29, 0.717) is 25.6 Å². The largest absolute Gasteiger partial charge is 0.480 e. The number of thiophene rings is 1. The maximum absolute atomic E-state index is 10.5. The summed E-state index contributed by atoms with van der Waals surface area (Å²) in [6.07, 6.45) is 9.95. The van der Waals surface area contributed by atoms with Crippen molar-refractivity contribution < 1.29 is 24.9 Å². The molecule has 29 heavy (non-hydrogen) atoms. The molecule has 0 spiro atoms. The van der Waals surface area contributed by atoms with Gasteiger partial charge < -0.3 is 20.1 Å². The predicted octanol–water partition coefficient (Wildman–Crippen LogP) is 3.15. The van der Waals surface area contributed by atoms with Gasteiger partial charge in [0.25, 0.3) is 0 Å². The van der Waals surface area contributed by atoms with Crippen LogP contribution in [0.3, 0.4) is 0 Å². The molecule has 0 aliphatic heterocycles. The van der Waals surface area contributed by atoms with Gasteiger partial charge in [0.15, 0.2) is 0 Å². The van der Waals surface area contributed by atoms with E-state index in [1.807, 2.05) is 18.2 Å². The van der Waals surface area contributed by atoms with Gasteiger partial charge in [-0.1, -0.05) is 30.6 Å². The van der Waals surface area contributed by atoms with Crippen LogP contribution in [0, 0.1) is 24.7 Å². The molecule has 1 aromatic rings. The van der Waals surface area contributed by atoms with Crippen LogP contribution in [0.5, 0.6) is 0 Å². The Labute approximate surface area is 178 Å². The van der Waals surface area contributed by atoms with Crippen LogP contribution in [-0.4, -0.2) is 54.6 Å². The molecule has 0 amide bonds. The molecule has 2 rings (SSSR count). The second-order valence-corrected chi connectivity index (χ2v) is 9.03. The molecule has 1 unspecified atom stereocenters. The summed E-state index contributed by atoms with van der Waals surface area (Å²) in [7, 11) is 5.91. The van der Waals surface area contributed by atoms with Crippen molar-refractivity contribution >= 4 is 25.2 Å². The number of aliphatic hydroxyl groups is 2. The van der Waals surface area contributed by atoms with E-state index in [2.05, 4.69) is 19.1 Å². The summed E-state index contributed by atoms with van der Waals surface area (Å²) in [6.45, 7) is 1.99. The number of carboxylic acid groups (broad SMARTS) is 1. The highest BCUT2D eigenvalue weighted by molar-refractivity contribution is 7.11. The van der Waals surface area contributed by atoms with Crippen molar-refractivity contribution in [3.63, 3.8) is 0 Å². The van der Waals surface area contributed by atoms with Crippen molar-refractivity contribution in [1.82, 2.24) is 0 Å². The summed E-state index contributed by atoms with van der Waals surface area (Å²) in [5, 5.41) is 29.4. The molecule has 1 fully saturated rings. The average Bonchev–Trinajstić information content (AvgIpc) is 3.23. The molecular weight excluding hydrogens is 387 g/mol. The number of aliphatic carboxylic acids is 1. The fourth-order valence-corrected chi connectivity index (χ4v) is 4.82. The molecule has 5 nitrogen and oxygen atoms in total. The molecule has 7 heteroatoms. The fourth-order valence-electron chi connectivity index (χ4n) is 3.91. The average molecular weight is 418 g/mol. The van der Waals surface area contributed by atoms with Crippen molar-refractivity contribution in [2.75, 3.05) is 13.2 Å². The van der Waals surface area contributed by atoms with E-state index in [0.717, 1.165) is 6.42 Å². The highest BCUT2D eigenvalue weighted by Gasteiger charge is 2.39. The Hall–Kier alpha value is -1.41. The van der Waals surface area contributed by atoms with Crippen LogP contribution in [0.1, 0.15) is 29.0 Å². The lowest BCUT2D eigenvalue weighted by atomic mass is 9.80. The second kappa shape index (κ2) is 12.3. The zero-order chi connectivity index (χ0) is 21.2. The number of aryl methyl sites for hydroxylation is 2. The summed E-state index contributed by atoms with van der Waals surface area (Å²) >= 11 is 1.76. The predicted molar refractivity (Wildman–Crippen MR) is 116 cm³/mol. The maximum atomic E-state index is 10.5. The van der Waals surface area contributed by atoms with Gasteiger partial charge >= 0.3 is 5.97 Å². The first-order chi connectivity index (χ1) is 13.9. The Balaban J connectivity index is 1.86. The van der Waals surface area contributed by atoms with Crippen LogP contribution in [0.15, 0.2) is 36.4 Å². The number of hydrogen-bond acceptors (Lipinski definition) is 5. The minimum atomic E-state index is -0.992. The highest BCUT2D eigenvalue weighted by atomic mass is 32.1. The normalized spacial score (nSPS) is 25.9. The number of carboxylic acids is 1. The fraction of sp³-hybridized carbons (Fsp3) is 0.591. The third kappa shape index (κ3) is 8.09. The van der Waals surface area contributed by atoms with E-state index >= 15 is 0 Å². The van der Waals surface area contributed by atoms with Crippen molar-refractivity contribution in [1.29, 1.82) is 0 Å². The molecule has 1 aromatic heterocycles. The van der Waals surface area contributed by atoms with Crippen molar-refractivity contribution in [2.24, 2.45) is 17.8 Å². The molecule has 1 aliphatic rings. The lowest BCUT2D eigenvalue weighted by Gasteiger charge is -2.21. The second-order valence-electron chi connectivity index (χ2n) is 7.66. The molecule has 1 heterocycles. The Bertz CT molecular complexity index is 686. The number of ether oxygens (including phenoxy) is 1. The van der Waals surface area contributed by atoms with E-state index in [4.69, 9.17) is 17.7 Å². The number of aliphatic hydroxyl groups excluding tert-OH is 2. The van der Waals surface area contributed by atoms with Gasteiger partial charge in [0, 0.05) is 9.75 Å². The van der Waals surface area contributed by atoms with E-state index in [1.54, 1.807) is 17.4 Å². The zero-order valence-electron chi connectivity index (χ0n) is 16.9. The van der Waals surface area contributed by atoms with Crippen molar-refractivity contribution in [3.05, 3.63) is 46.2 Å². The van der Waals surface area contributed by atoms with Gasteiger partial charge in [-0.2, -0.15) is 0 Å². The Morgan fingerprint density at radius 2 is 2.21 bits per heavy atom. The number of rotatable bonds is 12. The van der Waals surface area contributed by atoms with Crippen LogP contribution in [0.4, 0.5) is 0 Å². The van der Waals surface area contributed by atoms with Crippen LogP contribution >= 0.6 is 11.3 Å². The summed E-state index contributed by atoms with van der Waals surface area (Å²) in [4.78, 5) is 13.0. The van der Waals surface area contributed by atoms with E-state index in [1.165, 1.54) is 9.75 Å². The van der Waals surface area contributed by atoms with Crippen LogP contribution in [-0.2, 0) is 16.0 Å². The molecule has 0 aromatic carbocycles. The van der Waals surface area contributed by atoms with Gasteiger partial charge in [-0.15, -0.1) is 11.3 Å². The smallest absolute Gasteiger partial charge is 0.329 e. The van der Waals surface area contributed by atoms with Gasteiger partial charge in [-0.05, 0) is 62.5 Å². The first kappa shape index (κ1) is 23.9. The van der Waals surface area contributed by atoms with Crippen LogP contribution in [0.25, 0.3) is 0 Å². The third-order valence-electron chi connectivity index (χ3n) is 5.43. The number of hydrogen-bond donors (Lipinski definition) is 3. The van der Waals surface area contributed by atoms with Gasteiger partial charge in [0.1, 0.15) is 6.61 Å².